The molecule has 0 fully saturated rings. The molecule has 0 aromatic heterocycles. The van der Waals surface area contributed by atoms with Gasteiger partial charge in [0.15, 0.2) is 5.12 Å². The van der Waals surface area contributed by atoms with Crippen LogP contribution in [0.3, 0.4) is 0 Å². The fourth-order valence-corrected chi connectivity index (χ4v) is 4.23. The lowest BCUT2D eigenvalue weighted by Gasteiger charge is -2.02. The van der Waals surface area contributed by atoms with Crippen molar-refractivity contribution in [1.29, 1.82) is 5.26 Å². The van der Waals surface area contributed by atoms with E-state index in [2.05, 4.69) is 54.6 Å². The van der Waals surface area contributed by atoms with E-state index in [-0.39, 0.29) is 5.12 Å². The molecule has 0 radical (unpaired) electrons. The highest BCUT2D eigenvalue weighted by atomic mass is 32.2. The zero-order chi connectivity index (χ0) is 26.7. The number of carbonyl (C=O) groups excluding carboxylic acids is 1. The third-order valence-corrected chi connectivity index (χ3v) is 6.35. The second-order valence-electron chi connectivity index (χ2n) is 8.33. The fraction of sp³-hybridized carbons (Fsp3) is 0.0857. The van der Waals surface area contributed by atoms with E-state index in [1.807, 2.05) is 78.9 Å². The molecule has 0 aliphatic rings. The van der Waals surface area contributed by atoms with Crippen molar-refractivity contribution in [2.45, 2.75) is 25.2 Å². The predicted octanol–water partition coefficient (Wildman–Crippen LogP) is 6.96. The molecule has 0 aliphatic carbocycles. The van der Waals surface area contributed by atoms with Gasteiger partial charge in [0.2, 0.25) is 0 Å². The molecule has 2 nitrogen and oxygen atoms in total. The Hall–Kier alpha value is -4.93. The summed E-state index contributed by atoms with van der Waals surface area (Å²) in [6.07, 6.45) is 0.851. The van der Waals surface area contributed by atoms with Crippen LogP contribution in [0.25, 0.3) is 0 Å². The summed E-state index contributed by atoms with van der Waals surface area (Å²) in [4.78, 5) is 12.1. The summed E-state index contributed by atoms with van der Waals surface area (Å²) in [5, 5.41) is 9.74. The van der Waals surface area contributed by atoms with Crippen molar-refractivity contribution in [3.05, 3.63) is 136 Å². The van der Waals surface area contributed by atoms with E-state index >= 15 is 0 Å². The van der Waals surface area contributed by atoms with Crippen LogP contribution in [-0.2, 0) is 11.2 Å². The summed E-state index contributed by atoms with van der Waals surface area (Å²) in [6.45, 7) is 3.65. The van der Waals surface area contributed by atoms with Gasteiger partial charge in [-0.3, -0.25) is 4.79 Å². The van der Waals surface area contributed by atoms with Crippen molar-refractivity contribution >= 4 is 16.9 Å². The van der Waals surface area contributed by atoms with E-state index in [1.54, 1.807) is 13.0 Å². The summed E-state index contributed by atoms with van der Waals surface area (Å²) in [7, 11) is 0. The normalized spacial score (nSPS) is 9.50. The molecule has 0 saturated carbocycles. The molecule has 0 saturated heterocycles. The van der Waals surface area contributed by atoms with Gasteiger partial charge >= 0.3 is 0 Å². The molecule has 0 aliphatic heterocycles. The topological polar surface area (TPSA) is 40.9 Å². The maximum absolute atomic E-state index is 11.2. The van der Waals surface area contributed by atoms with Crippen LogP contribution in [0.15, 0.2) is 95.9 Å². The number of aryl methyl sites for hydroxylation is 1. The lowest BCUT2D eigenvalue weighted by Crippen LogP contribution is -1.90. The average Bonchev–Trinajstić information content (AvgIpc) is 2.95. The number of rotatable bonds is 2. The van der Waals surface area contributed by atoms with Gasteiger partial charge in [0.25, 0.3) is 0 Å². The Bertz CT molecular complexity index is 1710. The van der Waals surface area contributed by atoms with Gasteiger partial charge < -0.3 is 0 Å². The summed E-state index contributed by atoms with van der Waals surface area (Å²) < 4.78 is 0. The first-order valence-electron chi connectivity index (χ1n) is 12.1. The molecule has 38 heavy (non-hydrogen) atoms. The van der Waals surface area contributed by atoms with E-state index in [0.29, 0.717) is 11.1 Å². The van der Waals surface area contributed by atoms with Crippen molar-refractivity contribution in [3.63, 3.8) is 0 Å². The van der Waals surface area contributed by atoms with E-state index < -0.39 is 0 Å². The second-order valence-corrected chi connectivity index (χ2v) is 9.58. The van der Waals surface area contributed by atoms with E-state index in [0.717, 1.165) is 44.7 Å². The minimum Gasteiger partial charge on any atom is -0.287 e. The minimum absolute atomic E-state index is 0.0482. The number of benzene rings is 4. The van der Waals surface area contributed by atoms with Gasteiger partial charge in [-0.05, 0) is 84.8 Å². The Morgan fingerprint density at radius 3 is 1.89 bits per heavy atom. The second kappa shape index (κ2) is 12.9. The molecule has 4 rings (SSSR count). The van der Waals surface area contributed by atoms with Crippen LogP contribution in [0.1, 0.15) is 58.4 Å². The largest absolute Gasteiger partial charge is 0.287 e. The van der Waals surface area contributed by atoms with Crippen molar-refractivity contribution in [3.8, 4) is 41.6 Å². The minimum atomic E-state index is 0.0482. The first kappa shape index (κ1) is 26.1. The third-order valence-electron chi connectivity index (χ3n) is 5.55. The van der Waals surface area contributed by atoms with Crippen LogP contribution in [0.4, 0.5) is 0 Å². The van der Waals surface area contributed by atoms with Crippen molar-refractivity contribution in [2.24, 2.45) is 0 Å². The molecular weight excluding hydrogens is 482 g/mol. The van der Waals surface area contributed by atoms with Crippen LogP contribution in [-0.4, -0.2) is 5.12 Å². The molecule has 0 amide bonds. The molecule has 0 spiro atoms. The number of hydrogen-bond acceptors (Lipinski definition) is 3. The molecule has 180 valence electrons. The summed E-state index contributed by atoms with van der Waals surface area (Å²) in [6, 6.07) is 31.2. The van der Waals surface area contributed by atoms with Crippen LogP contribution >= 0.6 is 11.8 Å². The Morgan fingerprint density at radius 1 is 0.658 bits per heavy atom. The Balaban J connectivity index is 1.52. The van der Waals surface area contributed by atoms with Gasteiger partial charge in [-0.15, -0.1) is 0 Å². The highest BCUT2D eigenvalue weighted by Crippen LogP contribution is 2.19. The number of hydrogen-bond donors (Lipinski definition) is 0. The highest BCUT2D eigenvalue weighted by Gasteiger charge is 2.03. The molecule has 0 N–H and O–H groups in total. The standard InChI is InChI=1S/C35H23NOS/c1-3-31-23-30(12-18-32(31)17-11-27-7-5-4-6-8-27)14-20-33-19-13-29(24-34(33)25-36)10-9-28-15-21-35(22-16-28)38-26(2)37/h4-8,12-13,15-16,18-19,21-24H,3H2,1-2H3. The van der Waals surface area contributed by atoms with Crippen molar-refractivity contribution in [2.75, 3.05) is 0 Å². The number of nitrogens with zero attached hydrogens (tertiary/aromatic N) is 1. The van der Waals surface area contributed by atoms with Crippen LogP contribution in [0, 0.1) is 46.9 Å². The van der Waals surface area contributed by atoms with Crippen molar-refractivity contribution < 1.29 is 4.79 Å². The van der Waals surface area contributed by atoms with Crippen molar-refractivity contribution in [1.82, 2.24) is 0 Å². The van der Waals surface area contributed by atoms with Gasteiger partial charge in [-0.1, -0.05) is 72.4 Å². The summed E-state index contributed by atoms with van der Waals surface area (Å²) in [5.41, 5.74) is 6.72. The van der Waals surface area contributed by atoms with E-state index in [9.17, 15) is 10.1 Å². The average molecular weight is 506 g/mol. The SMILES string of the molecule is CCc1cc(C#Cc2ccc(C#Cc3ccc(SC(C)=O)cc3)cc2C#N)ccc1C#Cc1ccccc1. The first-order valence-corrected chi connectivity index (χ1v) is 12.9. The lowest BCUT2D eigenvalue weighted by atomic mass is 10.0. The number of thioether (sulfide) groups is 1. The Kier molecular flexibility index (Phi) is 8.85. The number of nitriles is 1. The quantitative estimate of drug-likeness (QED) is 0.218. The summed E-state index contributed by atoms with van der Waals surface area (Å²) >= 11 is 1.19. The lowest BCUT2D eigenvalue weighted by molar-refractivity contribution is -0.109. The molecular formula is C35H23NOS. The van der Waals surface area contributed by atoms with Gasteiger partial charge in [-0.25, -0.2) is 0 Å². The Labute approximate surface area is 228 Å². The molecule has 3 heteroatoms. The van der Waals surface area contributed by atoms with Crippen LogP contribution in [0.5, 0.6) is 0 Å². The van der Waals surface area contributed by atoms with E-state index in [1.165, 1.54) is 11.8 Å². The van der Waals surface area contributed by atoms with Gasteiger partial charge in [-0.2, -0.15) is 5.26 Å². The van der Waals surface area contributed by atoms with Gasteiger partial charge in [0, 0.05) is 45.2 Å². The fourth-order valence-electron chi connectivity index (χ4n) is 3.63. The smallest absolute Gasteiger partial charge is 0.190 e. The zero-order valence-corrected chi connectivity index (χ0v) is 21.9. The van der Waals surface area contributed by atoms with Gasteiger partial charge in [0.05, 0.1) is 5.56 Å². The summed E-state index contributed by atoms with van der Waals surface area (Å²) in [5.74, 6) is 19.0. The molecule has 0 unspecified atom stereocenters. The monoisotopic (exact) mass is 505 g/mol. The molecule has 4 aromatic carbocycles. The Morgan fingerprint density at radius 2 is 1.21 bits per heavy atom. The van der Waals surface area contributed by atoms with Crippen LogP contribution in [0.2, 0.25) is 0 Å². The maximum Gasteiger partial charge on any atom is 0.190 e. The molecule has 0 atom stereocenters. The molecule has 4 aromatic rings. The predicted molar refractivity (Wildman–Crippen MR) is 154 cm³/mol. The maximum atomic E-state index is 11.2. The third kappa shape index (κ3) is 7.29. The first-order chi connectivity index (χ1) is 18.5. The molecule has 0 heterocycles. The molecule has 0 bridgehead atoms. The van der Waals surface area contributed by atoms with E-state index in [4.69, 9.17) is 0 Å². The number of carbonyl (C=O) groups is 1. The van der Waals surface area contributed by atoms with Crippen LogP contribution < -0.4 is 0 Å². The van der Waals surface area contributed by atoms with Gasteiger partial charge in [0.1, 0.15) is 6.07 Å². The zero-order valence-electron chi connectivity index (χ0n) is 21.1. The highest BCUT2D eigenvalue weighted by molar-refractivity contribution is 8.13.